The van der Waals surface area contributed by atoms with Gasteiger partial charge in [0.2, 0.25) is 41.4 Å². The average Bonchev–Trinajstić information content (AvgIpc) is 2.33. The van der Waals surface area contributed by atoms with Gasteiger partial charge in [-0.2, -0.15) is 0 Å². The number of imidazole rings is 1. The van der Waals surface area contributed by atoms with E-state index >= 15 is 0 Å². The molecule has 0 aliphatic carbocycles. The molecular weight excluding hydrogens is 1180 g/mol. The summed E-state index contributed by atoms with van der Waals surface area (Å²) in [5, 5.41) is 28.0. The van der Waals surface area contributed by atoms with Gasteiger partial charge in [0.25, 0.3) is 0 Å². The van der Waals surface area contributed by atoms with Gasteiger partial charge in [-0.25, -0.2) is 19.5 Å². The van der Waals surface area contributed by atoms with Crippen LogP contribution >= 0.6 is 7.82 Å². The Morgan fingerprint density at radius 1 is 0.820 bits per heavy atom. The molecule has 6 aliphatic rings. The van der Waals surface area contributed by atoms with Gasteiger partial charge in [0.15, 0.2) is 17.7 Å². The van der Waals surface area contributed by atoms with Gasteiger partial charge in [-0.05, 0) is 70.6 Å². The van der Waals surface area contributed by atoms with Crippen molar-refractivity contribution in [2.24, 2.45) is 94.7 Å². The number of hydrogen-bond acceptors (Lipinski definition) is 21. The summed E-state index contributed by atoms with van der Waals surface area (Å²) in [5.41, 5.74) is 40.4. The van der Waals surface area contributed by atoms with Gasteiger partial charge in [0.1, 0.15) is 36.5 Å². The maximum absolute atomic E-state index is 14.3. The molecular formula is C58H85N16O14P. The maximum Gasteiger partial charge on any atom is 0.472 e. The molecule has 2 aromatic heterocycles. The van der Waals surface area contributed by atoms with Crippen molar-refractivity contribution < 1.29 is 67.0 Å². The Bertz CT molecular complexity index is 3490. The molecule has 6 aliphatic heterocycles. The van der Waals surface area contributed by atoms with E-state index in [-0.39, 0.29) is 94.2 Å². The molecule has 2 aromatic rings. The van der Waals surface area contributed by atoms with Crippen LogP contribution < -0.4 is 50.8 Å². The van der Waals surface area contributed by atoms with Crippen molar-refractivity contribution in [1.82, 2.24) is 30.2 Å². The van der Waals surface area contributed by atoms with Crippen LogP contribution in [-0.2, 0) is 51.9 Å². The molecule has 0 spiro atoms. The van der Waals surface area contributed by atoms with Gasteiger partial charge in [-0.1, -0.05) is 34.6 Å². The summed E-state index contributed by atoms with van der Waals surface area (Å²) >= 11 is 0. The first kappa shape index (κ1) is 67.6. The molecule has 89 heavy (non-hydrogen) atoms. The highest BCUT2D eigenvalue weighted by Gasteiger charge is 2.66. The SMILES string of the molecule is CC1=C2N=C(C=C3N/C(=C(/C)C4=N[C@@](C)([C@@H]5N=C1[C@](C)(CCC(=O)NC[C@@H](C)OP(=O)(O)O[C@H]1[C@@H](O)[C@@H](n6cnc7ncnc(N)c76)O[C@@H]1CO)[C@H]5CC(N)=O)[C@@](C)(CC(N)=O)[C@@H]4CCC(N)=O)[C@@](C)(CC(N)=O)[C@@H]3CCC(N)=O)C(C)(C)[C@@H]2CCC(N)=O. The molecule has 486 valence electrons. The van der Waals surface area contributed by atoms with E-state index in [1.165, 1.54) is 24.1 Å². The number of nitrogens with zero attached hydrogens (tertiary/aromatic N) is 7. The summed E-state index contributed by atoms with van der Waals surface area (Å²) in [6.45, 7) is 15.2. The Morgan fingerprint density at radius 2 is 1.44 bits per heavy atom. The second kappa shape index (κ2) is 25.1. The first-order chi connectivity index (χ1) is 41.4. The summed E-state index contributed by atoms with van der Waals surface area (Å²) in [6, 6.07) is -1.05. The minimum atomic E-state index is -5.11. The number of phosphoric ester groups is 1. The third kappa shape index (κ3) is 12.8. The second-order valence-electron chi connectivity index (χ2n) is 26.1. The molecule has 15 atom stereocenters. The van der Waals surface area contributed by atoms with E-state index in [1.807, 2.05) is 54.5 Å². The number of aliphatic imine (C=N–C) groups is 3. The Kier molecular flexibility index (Phi) is 19.1. The predicted molar refractivity (Wildman–Crippen MR) is 324 cm³/mol. The second-order valence-corrected chi connectivity index (χ2v) is 27.4. The van der Waals surface area contributed by atoms with Gasteiger partial charge >= 0.3 is 7.82 Å². The number of nitrogen functional groups attached to an aromatic ring is 1. The zero-order chi connectivity index (χ0) is 65.8. The Morgan fingerprint density at radius 3 is 2.03 bits per heavy atom. The zero-order valence-corrected chi connectivity index (χ0v) is 52.5. The van der Waals surface area contributed by atoms with Crippen LogP contribution in [0.2, 0.25) is 0 Å². The van der Waals surface area contributed by atoms with Gasteiger partial charge in [-0.3, -0.25) is 62.2 Å². The molecule has 19 N–H and O–H groups in total. The molecule has 30 nitrogen and oxygen atoms in total. The van der Waals surface area contributed by atoms with Gasteiger partial charge in [-0.15, -0.1) is 0 Å². The van der Waals surface area contributed by atoms with Crippen LogP contribution in [0, 0.1) is 45.3 Å². The number of primary amides is 6. The average molecular weight is 1260 g/mol. The molecule has 8 heterocycles. The summed E-state index contributed by atoms with van der Waals surface area (Å²) in [4.78, 5) is 133. The van der Waals surface area contributed by atoms with E-state index in [9.17, 15) is 53.2 Å². The van der Waals surface area contributed by atoms with Crippen molar-refractivity contribution in [2.45, 2.75) is 175 Å². The fourth-order valence-electron chi connectivity index (χ4n) is 15.0. The molecule has 0 aromatic carbocycles. The van der Waals surface area contributed by atoms with Crippen LogP contribution in [0.5, 0.6) is 0 Å². The Balaban J connectivity index is 1.20. The monoisotopic (exact) mass is 1260 g/mol. The van der Waals surface area contributed by atoms with Crippen LogP contribution in [0.25, 0.3) is 11.2 Å². The number of aliphatic hydroxyl groups excluding tert-OH is 2. The number of ether oxygens (including phenoxy) is 1. The topological polar surface area (TPSA) is 512 Å². The molecule has 8 bridgehead atoms. The summed E-state index contributed by atoms with van der Waals surface area (Å²) in [5.74, 6) is -7.27. The number of nitrogens with one attached hydrogen (secondary N) is 2. The number of rotatable bonds is 26. The number of fused-ring (bicyclic) bond motifs is 7. The van der Waals surface area contributed by atoms with E-state index in [0.717, 1.165) is 0 Å². The number of phosphoric acid groups is 1. The molecule has 8 rings (SSSR count). The normalized spacial score (nSPS) is 33.1. The van der Waals surface area contributed by atoms with Crippen LogP contribution in [0.1, 0.15) is 139 Å². The number of carbonyl (C=O) groups is 7. The molecule has 31 heteroatoms. The summed E-state index contributed by atoms with van der Waals surface area (Å²) in [7, 11) is -5.11. The van der Waals surface area contributed by atoms with Crippen molar-refractivity contribution in [3.63, 3.8) is 0 Å². The fraction of sp³-hybridized carbons (Fsp3) is 0.638. The van der Waals surface area contributed by atoms with Gasteiger partial charge in [0, 0.05) is 131 Å². The van der Waals surface area contributed by atoms with E-state index in [0.29, 0.717) is 45.4 Å². The van der Waals surface area contributed by atoms with Crippen molar-refractivity contribution in [3.8, 4) is 0 Å². The van der Waals surface area contributed by atoms with Crippen molar-refractivity contribution in [2.75, 3.05) is 18.9 Å². The fourth-order valence-corrected chi connectivity index (χ4v) is 16.2. The van der Waals surface area contributed by atoms with Crippen LogP contribution in [0.3, 0.4) is 0 Å². The van der Waals surface area contributed by atoms with E-state index < -0.39 is 143 Å². The largest absolute Gasteiger partial charge is 0.472 e. The smallest absolute Gasteiger partial charge is 0.394 e. The Hall–Kier alpha value is -7.34. The number of nitrogens with two attached hydrogens (primary N) is 7. The standard InChI is InChI=1S/C58H85N16O14P/c1-26(87-89(84,85)88-47-34(23-75)86-53(46(47)83)74-25-69-52-45(74)51(65)67-24-68-52)22-66-42(82)16-17-55(6)32(18-39(62)79)50-58(9)57(8,21-41(64)81)31(12-15-38(61)78)44(73-58)28(3)49-56(7,20-40(63)80)29(10-13-36(59)76)33(70-49)19-35-54(4,5)30(11-14-37(60)77)43(71-35)27(2)48(55)72-50/h19,24-26,29-32,34,46-47,50,53,70,75,83H,10-18,20-23H2,1-9H3,(H2,59,76)(H2,60,77)(H2,61,78)(H2,62,79)(H2,63,80)(H2,64,81)(H,66,82)(H,84,85)(H2,65,67,68)/b33-19?,43-27?,49-28-/t26-,29-,30-,31-,32+,34-,46-,47-,50-,53+,55-,56+,57+,58+/m1/s1. The highest BCUT2D eigenvalue weighted by Crippen LogP contribution is 2.63. The lowest BCUT2D eigenvalue weighted by molar-refractivity contribution is -0.124. The molecule has 2 saturated heterocycles. The third-order valence-corrected chi connectivity index (χ3v) is 20.9. The van der Waals surface area contributed by atoms with Crippen LogP contribution in [0.15, 0.2) is 61.9 Å². The third-order valence-electron chi connectivity index (χ3n) is 19.8. The summed E-state index contributed by atoms with van der Waals surface area (Å²) < 4.78 is 31.7. The minimum absolute atomic E-state index is 0.00195. The van der Waals surface area contributed by atoms with E-state index in [4.69, 9.17) is 68.9 Å². The number of amides is 7. The van der Waals surface area contributed by atoms with Crippen molar-refractivity contribution in [1.29, 1.82) is 0 Å². The highest BCUT2D eigenvalue weighted by molar-refractivity contribution is 7.47. The van der Waals surface area contributed by atoms with Gasteiger partial charge < -0.3 is 70.6 Å². The summed E-state index contributed by atoms with van der Waals surface area (Å²) in [6.07, 6.45) is -3.82. The van der Waals surface area contributed by atoms with Crippen LogP contribution in [-0.4, -0.2) is 142 Å². The number of anilines is 1. The van der Waals surface area contributed by atoms with Crippen molar-refractivity contribution >= 4 is 83.3 Å². The molecule has 0 radical (unpaired) electrons. The minimum Gasteiger partial charge on any atom is -0.394 e. The lowest BCUT2D eigenvalue weighted by Crippen LogP contribution is -2.56. The molecule has 2 fully saturated rings. The number of carbonyl (C=O) groups excluding carboxylic acids is 7. The quantitative estimate of drug-likeness (QED) is 0.0583. The number of allylic oxidation sites excluding steroid dienone is 6. The maximum atomic E-state index is 14.3. The van der Waals surface area contributed by atoms with Crippen molar-refractivity contribution in [3.05, 3.63) is 47.0 Å². The Labute approximate surface area is 514 Å². The van der Waals surface area contributed by atoms with Gasteiger partial charge in [0.05, 0.1) is 24.3 Å². The number of aliphatic hydroxyl groups is 2. The molecule has 1 unspecified atom stereocenters. The van der Waals surface area contributed by atoms with Crippen LogP contribution in [0.4, 0.5) is 5.82 Å². The lowest BCUT2D eigenvalue weighted by atomic mass is 9.55. The van der Waals surface area contributed by atoms with E-state index in [1.54, 1.807) is 6.92 Å². The first-order valence-electron chi connectivity index (χ1n) is 29.7. The lowest BCUT2D eigenvalue weighted by Gasteiger charge is -2.48. The molecule has 0 saturated carbocycles. The number of hydrogen-bond donors (Lipinski definition) is 12. The zero-order valence-electron chi connectivity index (χ0n) is 51.6. The van der Waals surface area contributed by atoms with E-state index in [2.05, 4.69) is 25.6 Å². The highest BCUT2D eigenvalue weighted by atomic mass is 31.2. The first-order valence-corrected chi connectivity index (χ1v) is 31.2. The number of aromatic nitrogens is 4. The molecule has 7 amide bonds. The predicted octanol–water partition coefficient (Wildman–Crippen LogP) is 0.919.